The van der Waals surface area contributed by atoms with Crippen LogP contribution in [-0.2, 0) is 14.4 Å². The molecule has 0 aliphatic carbocycles. The maximum Gasteiger partial charge on any atom is 0.247 e. The van der Waals surface area contributed by atoms with Gasteiger partial charge in [-0.1, -0.05) is 13.8 Å². The van der Waals surface area contributed by atoms with Gasteiger partial charge in [-0.05, 0) is 24.5 Å². The Bertz CT molecular complexity index is 672. The van der Waals surface area contributed by atoms with Crippen LogP contribution in [0.5, 0.6) is 5.75 Å². The van der Waals surface area contributed by atoms with E-state index in [0.717, 1.165) is 6.42 Å². The van der Waals surface area contributed by atoms with E-state index >= 15 is 0 Å². The van der Waals surface area contributed by atoms with Crippen LogP contribution >= 0.6 is 0 Å². The highest BCUT2D eigenvalue weighted by atomic mass is 16.5. The Hall–Kier alpha value is -2.57. The summed E-state index contributed by atoms with van der Waals surface area (Å²) in [5.41, 5.74) is 1.25. The summed E-state index contributed by atoms with van der Waals surface area (Å²) in [4.78, 5) is 37.4. The third-order valence-corrected chi connectivity index (χ3v) is 4.12. The van der Waals surface area contributed by atoms with Crippen molar-refractivity contribution in [3.05, 3.63) is 18.2 Å². The number of hydrogen-bond acceptors (Lipinski definition) is 4. The number of ether oxygens (including phenoxy) is 1. The van der Waals surface area contributed by atoms with E-state index in [1.807, 2.05) is 13.8 Å². The molecule has 0 aromatic heterocycles. The van der Waals surface area contributed by atoms with E-state index in [-0.39, 0.29) is 23.6 Å². The maximum absolute atomic E-state index is 12.5. The highest BCUT2D eigenvalue weighted by Crippen LogP contribution is 2.33. The Morgan fingerprint density at radius 3 is 2.52 bits per heavy atom. The summed E-state index contributed by atoms with van der Waals surface area (Å²) in [6, 6.07) is 4.56. The van der Waals surface area contributed by atoms with Crippen LogP contribution in [0.25, 0.3) is 0 Å². The van der Waals surface area contributed by atoms with Crippen LogP contribution in [0.1, 0.15) is 33.6 Å². The van der Waals surface area contributed by atoms with Crippen LogP contribution in [0.4, 0.5) is 11.4 Å². The lowest BCUT2D eigenvalue weighted by atomic mass is 10.0. The van der Waals surface area contributed by atoms with Gasteiger partial charge in [0.2, 0.25) is 17.7 Å². The zero-order valence-electron chi connectivity index (χ0n) is 15.1. The molecular weight excluding hydrogens is 322 g/mol. The Labute approximate surface area is 147 Å². The third-order valence-electron chi connectivity index (χ3n) is 4.12. The number of amides is 3. The first kappa shape index (κ1) is 18.8. The Balaban J connectivity index is 2.18. The van der Waals surface area contributed by atoms with Crippen LogP contribution in [0.3, 0.4) is 0 Å². The molecule has 0 radical (unpaired) electrons. The van der Waals surface area contributed by atoms with Crippen LogP contribution < -0.4 is 20.3 Å². The van der Waals surface area contributed by atoms with Crippen molar-refractivity contribution in [2.24, 2.45) is 5.92 Å². The molecule has 1 aliphatic rings. The van der Waals surface area contributed by atoms with Crippen molar-refractivity contribution in [3.8, 4) is 5.75 Å². The molecule has 2 N–H and O–H groups in total. The topological polar surface area (TPSA) is 87.7 Å². The summed E-state index contributed by atoms with van der Waals surface area (Å²) in [5.74, 6) is -0.00634. The van der Waals surface area contributed by atoms with Gasteiger partial charge in [-0.25, -0.2) is 0 Å². The van der Waals surface area contributed by atoms with Gasteiger partial charge in [0.1, 0.15) is 11.8 Å². The molecule has 7 nitrogen and oxygen atoms in total. The van der Waals surface area contributed by atoms with Crippen molar-refractivity contribution in [2.45, 2.75) is 39.7 Å². The lowest BCUT2D eigenvalue weighted by Crippen LogP contribution is -2.46. The average molecular weight is 347 g/mol. The molecule has 1 aromatic rings. The summed E-state index contributed by atoms with van der Waals surface area (Å²) in [5, 5.41) is 5.45. The first-order valence-electron chi connectivity index (χ1n) is 8.40. The van der Waals surface area contributed by atoms with Gasteiger partial charge in [-0.15, -0.1) is 0 Å². The lowest BCUT2D eigenvalue weighted by molar-refractivity contribution is -0.126. The van der Waals surface area contributed by atoms with E-state index in [2.05, 4.69) is 10.6 Å². The Kier molecular flexibility index (Phi) is 6.01. The second kappa shape index (κ2) is 8.00. The maximum atomic E-state index is 12.5. The average Bonchev–Trinajstić information content (AvgIpc) is 2.97. The molecule has 1 atom stereocenters. The second-order valence-electron chi connectivity index (χ2n) is 6.45. The number of hydrogen-bond donors (Lipinski definition) is 2. The van der Waals surface area contributed by atoms with E-state index in [1.165, 1.54) is 14.0 Å². The van der Waals surface area contributed by atoms with E-state index in [0.29, 0.717) is 30.1 Å². The van der Waals surface area contributed by atoms with Crippen LogP contribution in [0.15, 0.2) is 18.2 Å². The minimum absolute atomic E-state index is 0.0488. The third kappa shape index (κ3) is 4.49. The fourth-order valence-corrected chi connectivity index (χ4v) is 2.86. The molecule has 0 saturated carbocycles. The van der Waals surface area contributed by atoms with E-state index in [1.54, 1.807) is 23.1 Å². The molecule has 0 spiro atoms. The highest BCUT2D eigenvalue weighted by Gasteiger charge is 2.26. The van der Waals surface area contributed by atoms with Crippen molar-refractivity contribution in [3.63, 3.8) is 0 Å². The molecule has 0 bridgehead atoms. The molecule has 3 amide bonds. The standard InChI is InChI=1S/C18H25N3O4/c1-11(2)17(19-12(3)22)18(24)20-13-7-8-14(15(10-13)25-4)21-9-5-6-16(21)23/h7-8,10-11,17H,5-6,9H2,1-4H3,(H,19,22)(H,20,24). The minimum atomic E-state index is -0.622. The van der Waals surface area contributed by atoms with Crippen LogP contribution in [-0.4, -0.2) is 37.4 Å². The molecule has 2 rings (SSSR count). The van der Waals surface area contributed by atoms with Crippen molar-refractivity contribution in [2.75, 3.05) is 23.9 Å². The van der Waals surface area contributed by atoms with Gasteiger partial charge < -0.3 is 20.3 Å². The Morgan fingerprint density at radius 2 is 2.00 bits per heavy atom. The van der Waals surface area contributed by atoms with Gasteiger partial charge in [-0.3, -0.25) is 14.4 Å². The molecule has 7 heteroatoms. The molecule has 1 unspecified atom stereocenters. The van der Waals surface area contributed by atoms with Crippen molar-refractivity contribution in [1.82, 2.24) is 5.32 Å². The molecule has 1 aromatic carbocycles. The highest BCUT2D eigenvalue weighted by molar-refractivity contribution is 5.99. The van der Waals surface area contributed by atoms with Crippen molar-refractivity contribution < 1.29 is 19.1 Å². The van der Waals surface area contributed by atoms with E-state index < -0.39 is 6.04 Å². The van der Waals surface area contributed by atoms with Gasteiger partial charge in [0, 0.05) is 31.6 Å². The van der Waals surface area contributed by atoms with Gasteiger partial charge in [0.25, 0.3) is 0 Å². The number of methoxy groups -OCH3 is 1. The smallest absolute Gasteiger partial charge is 0.247 e. The summed E-state index contributed by atoms with van der Waals surface area (Å²) in [7, 11) is 1.53. The van der Waals surface area contributed by atoms with Crippen LogP contribution in [0, 0.1) is 5.92 Å². The predicted molar refractivity (Wildman–Crippen MR) is 95.7 cm³/mol. The van der Waals surface area contributed by atoms with Gasteiger partial charge in [-0.2, -0.15) is 0 Å². The molecule has 25 heavy (non-hydrogen) atoms. The first-order chi connectivity index (χ1) is 11.8. The van der Waals surface area contributed by atoms with Gasteiger partial charge in [0.15, 0.2) is 0 Å². The van der Waals surface area contributed by atoms with Gasteiger partial charge in [0.05, 0.1) is 12.8 Å². The molecule has 1 heterocycles. The SMILES string of the molecule is COc1cc(NC(=O)C(NC(C)=O)C(C)C)ccc1N1CCCC1=O. The van der Waals surface area contributed by atoms with E-state index in [4.69, 9.17) is 4.74 Å². The quantitative estimate of drug-likeness (QED) is 0.823. The number of nitrogens with one attached hydrogen (secondary N) is 2. The largest absolute Gasteiger partial charge is 0.494 e. The first-order valence-corrected chi connectivity index (χ1v) is 8.40. The fraction of sp³-hybridized carbons (Fsp3) is 0.500. The Morgan fingerprint density at radius 1 is 1.28 bits per heavy atom. The summed E-state index contributed by atoms with van der Waals surface area (Å²) < 4.78 is 5.39. The second-order valence-corrected chi connectivity index (χ2v) is 6.45. The number of carbonyl (C=O) groups excluding carboxylic acids is 3. The zero-order valence-corrected chi connectivity index (χ0v) is 15.1. The molecule has 1 saturated heterocycles. The van der Waals surface area contributed by atoms with Crippen LogP contribution in [0.2, 0.25) is 0 Å². The number of benzene rings is 1. The minimum Gasteiger partial charge on any atom is -0.494 e. The summed E-state index contributed by atoms with van der Waals surface area (Å²) >= 11 is 0. The number of nitrogens with zero attached hydrogens (tertiary/aromatic N) is 1. The monoisotopic (exact) mass is 347 g/mol. The molecule has 1 aliphatic heterocycles. The van der Waals surface area contributed by atoms with Crippen molar-refractivity contribution >= 4 is 29.1 Å². The number of anilines is 2. The molecular formula is C18H25N3O4. The number of carbonyl (C=O) groups is 3. The molecule has 136 valence electrons. The van der Waals surface area contributed by atoms with Gasteiger partial charge >= 0.3 is 0 Å². The van der Waals surface area contributed by atoms with Crippen molar-refractivity contribution in [1.29, 1.82) is 0 Å². The lowest BCUT2D eigenvalue weighted by Gasteiger charge is -2.22. The number of rotatable bonds is 6. The normalized spacial score (nSPS) is 15.2. The summed E-state index contributed by atoms with van der Waals surface area (Å²) in [6.45, 7) is 5.78. The predicted octanol–water partition coefficient (Wildman–Crippen LogP) is 1.92. The molecule has 1 fully saturated rings. The fourth-order valence-electron chi connectivity index (χ4n) is 2.86. The zero-order chi connectivity index (χ0) is 18.6. The summed E-state index contributed by atoms with van der Waals surface area (Å²) in [6.07, 6.45) is 1.36. The van der Waals surface area contributed by atoms with E-state index in [9.17, 15) is 14.4 Å².